The molecule has 2 amide bonds. The first-order chi connectivity index (χ1) is 20.6. The molecule has 0 spiro atoms. The van der Waals surface area contributed by atoms with Crippen LogP contribution in [0.25, 0.3) is 0 Å². The lowest BCUT2D eigenvalue weighted by Gasteiger charge is -2.42. The first-order valence-corrected chi connectivity index (χ1v) is 16.3. The molecule has 12 heteroatoms. The maximum atomic E-state index is 14.0. The number of piperidine rings is 1. The van der Waals surface area contributed by atoms with Crippen LogP contribution in [0.15, 0.2) is 65.6 Å². The Balaban J connectivity index is 1.35. The van der Waals surface area contributed by atoms with Gasteiger partial charge in [0.1, 0.15) is 16.7 Å². The molecule has 0 bridgehead atoms. The number of fused-ring (bicyclic) bond motifs is 2. The van der Waals surface area contributed by atoms with E-state index >= 15 is 0 Å². The highest BCUT2D eigenvalue weighted by atomic mass is 35.5. The molecule has 1 aliphatic carbocycles. The Morgan fingerprint density at radius 2 is 1.81 bits per heavy atom. The Kier molecular flexibility index (Phi) is 8.30. The highest BCUT2D eigenvalue weighted by Crippen LogP contribution is 2.39. The summed E-state index contributed by atoms with van der Waals surface area (Å²) in [6.07, 6.45) is 1.49. The number of methoxy groups -OCH3 is 1. The average Bonchev–Trinajstić information content (AvgIpc) is 3.83. The van der Waals surface area contributed by atoms with E-state index in [-0.39, 0.29) is 52.4 Å². The first-order valence-electron chi connectivity index (χ1n) is 14.1. The van der Waals surface area contributed by atoms with Crippen LogP contribution in [-0.2, 0) is 21.4 Å². The number of amides is 2. The van der Waals surface area contributed by atoms with Crippen molar-refractivity contribution in [3.05, 3.63) is 81.8 Å². The highest BCUT2D eigenvalue weighted by molar-refractivity contribution is 7.89. The molecule has 6 rings (SSSR count). The predicted molar refractivity (Wildman–Crippen MR) is 163 cm³/mol. The molecule has 0 radical (unpaired) electrons. The summed E-state index contributed by atoms with van der Waals surface area (Å²) >= 11 is 12.3. The van der Waals surface area contributed by atoms with Crippen molar-refractivity contribution in [2.75, 3.05) is 32.1 Å². The Labute approximate surface area is 260 Å². The van der Waals surface area contributed by atoms with Gasteiger partial charge in [-0.25, -0.2) is 8.42 Å². The number of carbonyl (C=O) groups is 2. The molecule has 0 unspecified atom stereocenters. The molecule has 3 aromatic rings. The fourth-order valence-electron chi connectivity index (χ4n) is 5.61. The maximum absolute atomic E-state index is 14.0. The summed E-state index contributed by atoms with van der Waals surface area (Å²) in [5.41, 5.74) is 1.62. The van der Waals surface area contributed by atoms with Crippen LogP contribution >= 0.6 is 23.2 Å². The molecule has 2 fully saturated rings. The molecule has 1 saturated heterocycles. The van der Waals surface area contributed by atoms with Gasteiger partial charge < -0.3 is 19.7 Å². The molecule has 226 valence electrons. The lowest BCUT2D eigenvalue weighted by molar-refractivity contribution is -0.117. The van der Waals surface area contributed by atoms with E-state index in [1.54, 1.807) is 30.2 Å². The number of halogens is 2. The smallest absolute Gasteiger partial charge is 0.258 e. The topological polar surface area (TPSA) is 105 Å². The van der Waals surface area contributed by atoms with E-state index in [0.29, 0.717) is 41.5 Å². The van der Waals surface area contributed by atoms with Crippen LogP contribution in [0.4, 0.5) is 5.69 Å². The maximum Gasteiger partial charge on any atom is 0.258 e. The molecule has 2 atom stereocenters. The zero-order valence-electron chi connectivity index (χ0n) is 23.5. The lowest BCUT2D eigenvalue weighted by Crippen LogP contribution is -2.53. The van der Waals surface area contributed by atoms with Crippen LogP contribution in [0.1, 0.15) is 35.2 Å². The monoisotopic (exact) mass is 643 g/mol. The van der Waals surface area contributed by atoms with Crippen molar-refractivity contribution in [3.8, 4) is 11.5 Å². The first kappa shape index (κ1) is 29.7. The van der Waals surface area contributed by atoms with Crippen molar-refractivity contribution in [2.45, 2.75) is 36.8 Å². The van der Waals surface area contributed by atoms with Gasteiger partial charge in [0, 0.05) is 36.5 Å². The summed E-state index contributed by atoms with van der Waals surface area (Å²) in [6.45, 7) is 0.972. The normalized spacial score (nSPS) is 20.7. The molecule has 3 aromatic carbocycles. The van der Waals surface area contributed by atoms with Gasteiger partial charge >= 0.3 is 0 Å². The standard InChI is InChI=1S/C31H31Cl2N3O6S/c1-41-23-10-5-19(6-11-23)16-35-17-21-13-14-36(43(39,40)28-12-9-22(32)15-25(28)33)18-27(21)42-29-24(31(35)38)3-2-4-26(29)34-30(37)20-7-8-20/h2-6,9-12,15,20-21,27H,7-8,13-14,16-18H2,1H3,(H,34,37)/t21-,27-/m0/s1. The predicted octanol–water partition coefficient (Wildman–Crippen LogP) is 5.46. The summed E-state index contributed by atoms with van der Waals surface area (Å²) in [6, 6.07) is 16.9. The molecule has 43 heavy (non-hydrogen) atoms. The van der Waals surface area contributed by atoms with Crippen LogP contribution < -0.4 is 14.8 Å². The van der Waals surface area contributed by atoms with Crippen LogP contribution in [0, 0.1) is 11.8 Å². The second kappa shape index (κ2) is 12.0. The molecule has 0 aromatic heterocycles. The van der Waals surface area contributed by atoms with Gasteiger partial charge in [0.2, 0.25) is 15.9 Å². The SMILES string of the molecule is COc1ccc(CN2C[C@@H]3CCN(S(=O)(=O)c4ccc(Cl)cc4Cl)C[C@@H]3Oc3c(NC(=O)C4CC4)cccc3C2=O)cc1. The number of para-hydroxylation sites is 1. The molecule has 2 heterocycles. The molecular formula is C31H31Cl2N3O6S. The minimum Gasteiger partial charge on any atom is -0.497 e. The number of anilines is 1. The number of nitrogens with one attached hydrogen (secondary N) is 1. The van der Waals surface area contributed by atoms with E-state index in [1.165, 1.54) is 22.5 Å². The van der Waals surface area contributed by atoms with E-state index in [2.05, 4.69) is 5.32 Å². The van der Waals surface area contributed by atoms with Gasteiger partial charge in [0.05, 0.1) is 29.9 Å². The molecule has 1 saturated carbocycles. The van der Waals surface area contributed by atoms with E-state index in [4.69, 9.17) is 32.7 Å². The van der Waals surface area contributed by atoms with Gasteiger partial charge in [-0.05, 0) is 67.3 Å². The number of carbonyl (C=O) groups excluding carboxylic acids is 2. The van der Waals surface area contributed by atoms with Gasteiger partial charge in [0.25, 0.3) is 5.91 Å². The minimum absolute atomic E-state index is 0.0306. The van der Waals surface area contributed by atoms with Gasteiger partial charge in [-0.1, -0.05) is 41.4 Å². The number of benzene rings is 3. The summed E-state index contributed by atoms with van der Waals surface area (Å²) in [4.78, 5) is 28.5. The van der Waals surface area contributed by atoms with Gasteiger partial charge in [-0.3, -0.25) is 9.59 Å². The zero-order valence-corrected chi connectivity index (χ0v) is 25.8. The zero-order chi connectivity index (χ0) is 30.3. The Hall–Kier alpha value is -3.31. The fourth-order valence-corrected chi connectivity index (χ4v) is 7.82. The number of ether oxygens (including phenoxy) is 2. The third-order valence-corrected chi connectivity index (χ3v) is 10.7. The summed E-state index contributed by atoms with van der Waals surface area (Å²) in [5.74, 6) is 0.387. The van der Waals surface area contributed by atoms with Crippen LogP contribution in [-0.4, -0.2) is 62.3 Å². The average molecular weight is 645 g/mol. The molecule has 2 aliphatic heterocycles. The number of hydrogen-bond donors (Lipinski definition) is 1. The molecular weight excluding hydrogens is 613 g/mol. The van der Waals surface area contributed by atoms with Crippen molar-refractivity contribution in [1.82, 2.24) is 9.21 Å². The quantitative estimate of drug-likeness (QED) is 0.366. The largest absolute Gasteiger partial charge is 0.497 e. The van der Waals surface area contributed by atoms with Crippen molar-refractivity contribution in [3.63, 3.8) is 0 Å². The van der Waals surface area contributed by atoms with E-state index in [0.717, 1.165) is 18.4 Å². The molecule has 1 N–H and O–H groups in total. The number of hydrogen-bond acceptors (Lipinski definition) is 6. The Morgan fingerprint density at radius 3 is 2.51 bits per heavy atom. The van der Waals surface area contributed by atoms with Gasteiger partial charge in [-0.15, -0.1) is 0 Å². The summed E-state index contributed by atoms with van der Waals surface area (Å²) < 4.78 is 40.6. The van der Waals surface area contributed by atoms with Crippen molar-refractivity contribution >= 4 is 50.7 Å². The van der Waals surface area contributed by atoms with Crippen LogP contribution in [0.3, 0.4) is 0 Å². The van der Waals surface area contributed by atoms with Gasteiger partial charge in [0.15, 0.2) is 5.75 Å². The number of rotatable bonds is 7. The lowest BCUT2D eigenvalue weighted by atomic mass is 9.92. The second-order valence-corrected chi connectivity index (χ2v) is 13.9. The third-order valence-electron chi connectivity index (χ3n) is 8.17. The summed E-state index contributed by atoms with van der Waals surface area (Å²) in [7, 11) is -2.37. The minimum atomic E-state index is -3.97. The Bertz CT molecular complexity index is 1660. The van der Waals surface area contributed by atoms with Crippen LogP contribution in [0.2, 0.25) is 10.0 Å². The Morgan fingerprint density at radius 1 is 1.05 bits per heavy atom. The van der Waals surface area contributed by atoms with Crippen molar-refractivity contribution in [1.29, 1.82) is 0 Å². The summed E-state index contributed by atoms with van der Waals surface area (Å²) in [5, 5.41) is 3.32. The van der Waals surface area contributed by atoms with Crippen molar-refractivity contribution in [2.24, 2.45) is 11.8 Å². The van der Waals surface area contributed by atoms with Gasteiger partial charge in [-0.2, -0.15) is 4.31 Å². The van der Waals surface area contributed by atoms with Crippen molar-refractivity contribution < 1.29 is 27.5 Å². The highest BCUT2D eigenvalue weighted by Gasteiger charge is 2.42. The van der Waals surface area contributed by atoms with E-state index in [9.17, 15) is 18.0 Å². The van der Waals surface area contributed by atoms with E-state index < -0.39 is 16.1 Å². The third kappa shape index (κ3) is 6.20. The fraction of sp³-hybridized carbons (Fsp3) is 0.355. The molecule has 3 aliphatic rings. The number of sulfonamides is 1. The molecule has 9 nitrogen and oxygen atoms in total. The second-order valence-electron chi connectivity index (χ2n) is 11.1. The van der Waals surface area contributed by atoms with E-state index in [1.807, 2.05) is 24.3 Å². The number of nitrogens with zero attached hydrogens (tertiary/aromatic N) is 2. The van der Waals surface area contributed by atoms with Crippen LogP contribution in [0.5, 0.6) is 11.5 Å².